The molecule has 2 nitrogen and oxygen atoms in total. The average Bonchev–Trinajstić information content (AvgIpc) is 1.86. The first kappa shape index (κ1) is 9.72. The van der Waals surface area contributed by atoms with Gasteiger partial charge in [-0.1, -0.05) is 18.7 Å². The molecule has 0 unspecified atom stereocenters. The highest BCUT2D eigenvalue weighted by molar-refractivity contribution is 8.16. The lowest BCUT2D eigenvalue weighted by molar-refractivity contribution is -0.109. The number of hydrogen-bond acceptors (Lipinski definition) is 3. The molecule has 0 spiro atoms. The van der Waals surface area contributed by atoms with Crippen LogP contribution in [0.3, 0.4) is 0 Å². The Hall–Kier alpha value is -0.280. The second-order valence-corrected chi connectivity index (χ2v) is 3.10. The molecule has 0 bridgehead atoms. The van der Waals surface area contributed by atoms with Crippen LogP contribution in [0.2, 0.25) is 0 Å². The molecule has 0 rings (SSSR count). The zero-order valence-corrected chi connectivity index (χ0v) is 7.07. The number of carbonyl (C=O) groups is 1. The average molecular weight is 160 g/mol. The number of aliphatic hydroxyl groups is 1. The molecule has 3 heteroatoms. The Kier molecular flexibility index (Phi) is 5.35. The van der Waals surface area contributed by atoms with Crippen molar-refractivity contribution in [3.63, 3.8) is 0 Å². The van der Waals surface area contributed by atoms with Gasteiger partial charge in [-0.2, -0.15) is 0 Å². The van der Waals surface area contributed by atoms with Crippen LogP contribution in [-0.4, -0.2) is 16.8 Å². The minimum atomic E-state index is 0.0173. The summed E-state index contributed by atoms with van der Waals surface area (Å²) in [6.45, 7) is 3.49. The first-order valence-electron chi connectivity index (χ1n) is 3.19. The molecular formula is C7H12O2S. The monoisotopic (exact) mass is 160 g/mol. The minimum Gasteiger partial charge on any atom is -0.392 e. The molecule has 0 aliphatic rings. The maximum absolute atomic E-state index is 10.5. The second kappa shape index (κ2) is 5.50. The first-order chi connectivity index (χ1) is 4.70. The highest BCUT2D eigenvalue weighted by Gasteiger charge is 1.97. The molecule has 0 saturated heterocycles. The van der Waals surface area contributed by atoms with Gasteiger partial charge in [-0.25, -0.2) is 0 Å². The predicted octanol–water partition coefficient (Wildman–Crippen LogP) is 1.55. The van der Waals surface area contributed by atoms with Crippen LogP contribution in [0.25, 0.3) is 0 Å². The number of rotatable bonds is 3. The lowest BCUT2D eigenvalue weighted by Crippen LogP contribution is -1.85. The number of carbonyl (C=O) groups excluding carboxylic acids is 1. The summed E-state index contributed by atoms with van der Waals surface area (Å²) in [5.74, 6) is 0. The standard InChI is InChI=1S/C7H12O2S/c1-3-7(4-5-8)10-6(2)9/h4,8H,3,5H2,1-2H3/b7-4-. The lowest BCUT2D eigenvalue weighted by Gasteiger charge is -1.97. The molecule has 0 aromatic heterocycles. The largest absolute Gasteiger partial charge is 0.392 e. The second-order valence-electron chi connectivity index (χ2n) is 1.80. The van der Waals surface area contributed by atoms with Crippen molar-refractivity contribution >= 4 is 16.9 Å². The van der Waals surface area contributed by atoms with Gasteiger partial charge in [-0.15, -0.1) is 0 Å². The summed E-state index contributed by atoms with van der Waals surface area (Å²) in [5.41, 5.74) is 0. The molecule has 0 fully saturated rings. The van der Waals surface area contributed by atoms with Crippen LogP contribution in [0.4, 0.5) is 0 Å². The summed E-state index contributed by atoms with van der Waals surface area (Å²) >= 11 is 1.19. The molecule has 0 saturated carbocycles. The molecule has 10 heavy (non-hydrogen) atoms. The summed E-state index contributed by atoms with van der Waals surface area (Å²) in [4.78, 5) is 11.5. The van der Waals surface area contributed by atoms with Gasteiger partial charge in [0, 0.05) is 6.92 Å². The Morgan fingerprint density at radius 2 is 2.30 bits per heavy atom. The Balaban J connectivity index is 3.83. The summed E-state index contributed by atoms with van der Waals surface area (Å²) < 4.78 is 0. The van der Waals surface area contributed by atoms with Crippen molar-refractivity contribution in [1.82, 2.24) is 0 Å². The summed E-state index contributed by atoms with van der Waals surface area (Å²) in [6.07, 6.45) is 2.47. The number of aliphatic hydroxyl groups excluding tert-OH is 1. The van der Waals surface area contributed by atoms with Gasteiger partial charge in [0.2, 0.25) is 0 Å². The number of allylic oxidation sites excluding steroid dienone is 1. The van der Waals surface area contributed by atoms with Gasteiger partial charge in [-0.05, 0) is 17.4 Å². The molecule has 1 N–H and O–H groups in total. The van der Waals surface area contributed by atoms with E-state index < -0.39 is 0 Å². The zero-order chi connectivity index (χ0) is 7.98. The van der Waals surface area contributed by atoms with Gasteiger partial charge >= 0.3 is 0 Å². The fourth-order valence-electron chi connectivity index (χ4n) is 0.545. The number of hydrogen-bond donors (Lipinski definition) is 1. The van der Waals surface area contributed by atoms with Crippen molar-refractivity contribution in [1.29, 1.82) is 0 Å². The SMILES string of the molecule is CC/C(=C/CO)SC(C)=O. The smallest absolute Gasteiger partial charge is 0.190 e. The molecule has 0 aromatic carbocycles. The van der Waals surface area contributed by atoms with E-state index in [9.17, 15) is 4.79 Å². The van der Waals surface area contributed by atoms with E-state index in [1.165, 1.54) is 18.7 Å². The third-order valence-electron chi connectivity index (χ3n) is 0.942. The van der Waals surface area contributed by atoms with Crippen LogP contribution < -0.4 is 0 Å². The van der Waals surface area contributed by atoms with Crippen molar-refractivity contribution in [2.24, 2.45) is 0 Å². The van der Waals surface area contributed by atoms with E-state index in [-0.39, 0.29) is 11.7 Å². The molecule has 0 atom stereocenters. The minimum absolute atomic E-state index is 0.0173. The van der Waals surface area contributed by atoms with Crippen molar-refractivity contribution in [2.45, 2.75) is 20.3 Å². The van der Waals surface area contributed by atoms with Crippen LogP contribution in [0.15, 0.2) is 11.0 Å². The van der Waals surface area contributed by atoms with Crippen molar-refractivity contribution in [3.05, 3.63) is 11.0 Å². The molecule has 0 aromatic rings. The maximum Gasteiger partial charge on any atom is 0.190 e. The lowest BCUT2D eigenvalue weighted by atomic mass is 10.4. The first-order valence-corrected chi connectivity index (χ1v) is 4.00. The van der Waals surface area contributed by atoms with E-state index in [0.717, 1.165) is 11.3 Å². The molecule has 0 aliphatic heterocycles. The van der Waals surface area contributed by atoms with Gasteiger partial charge in [0.15, 0.2) is 5.12 Å². The molecule has 58 valence electrons. The molecular weight excluding hydrogens is 148 g/mol. The van der Waals surface area contributed by atoms with Crippen molar-refractivity contribution < 1.29 is 9.90 Å². The fourth-order valence-corrected chi connectivity index (χ4v) is 1.22. The normalized spacial score (nSPS) is 11.7. The van der Waals surface area contributed by atoms with Crippen molar-refractivity contribution in [3.8, 4) is 0 Å². The fraction of sp³-hybridized carbons (Fsp3) is 0.571. The van der Waals surface area contributed by atoms with E-state index in [4.69, 9.17) is 5.11 Å². The quantitative estimate of drug-likeness (QED) is 0.680. The van der Waals surface area contributed by atoms with Gasteiger partial charge in [0.25, 0.3) is 0 Å². The van der Waals surface area contributed by atoms with Crippen LogP contribution in [0.5, 0.6) is 0 Å². The highest BCUT2D eigenvalue weighted by atomic mass is 32.2. The Morgan fingerprint density at radius 3 is 2.60 bits per heavy atom. The van der Waals surface area contributed by atoms with Gasteiger partial charge in [-0.3, -0.25) is 4.79 Å². The number of thioether (sulfide) groups is 1. The van der Waals surface area contributed by atoms with E-state index >= 15 is 0 Å². The third-order valence-corrected chi connectivity index (χ3v) is 1.95. The van der Waals surface area contributed by atoms with E-state index in [2.05, 4.69) is 0 Å². The zero-order valence-electron chi connectivity index (χ0n) is 6.26. The van der Waals surface area contributed by atoms with Crippen LogP contribution in [0, 0.1) is 0 Å². The third kappa shape index (κ3) is 4.58. The highest BCUT2D eigenvalue weighted by Crippen LogP contribution is 2.18. The van der Waals surface area contributed by atoms with E-state index in [1.54, 1.807) is 6.08 Å². The van der Waals surface area contributed by atoms with Crippen LogP contribution in [-0.2, 0) is 4.79 Å². The van der Waals surface area contributed by atoms with Crippen molar-refractivity contribution in [2.75, 3.05) is 6.61 Å². The molecule has 0 amide bonds. The Morgan fingerprint density at radius 1 is 1.70 bits per heavy atom. The maximum atomic E-state index is 10.5. The molecule has 0 radical (unpaired) electrons. The Labute approximate surface area is 65.3 Å². The summed E-state index contributed by atoms with van der Waals surface area (Å²) in [6, 6.07) is 0. The van der Waals surface area contributed by atoms with E-state index in [0.29, 0.717) is 0 Å². The summed E-state index contributed by atoms with van der Waals surface area (Å²) in [5, 5.41) is 8.55. The van der Waals surface area contributed by atoms with Gasteiger partial charge in [0.05, 0.1) is 6.61 Å². The van der Waals surface area contributed by atoms with E-state index in [1.807, 2.05) is 6.92 Å². The molecule has 0 aliphatic carbocycles. The van der Waals surface area contributed by atoms with Gasteiger partial charge in [0.1, 0.15) is 0 Å². The molecule has 0 heterocycles. The van der Waals surface area contributed by atoms with Crippen LogP contribution >= 0.6 is 11.8 Å². The topological polar surface area (TPSA) is 37.3 Å². The Bertz CT molecular complexity index is 141. The van der Waals surface area contributed by atoms with Gasteiger partial charge < -0.3 is 5.11 Å². The van der Waals surface area contributed by atoms with Crippen LogP contribution in [0.1, 0.15) is 20.3 Å². The summed E-state index contributed by atoms with van der Waals surface area (Å²) in [7, 11) is 0. The predicted molar refractivity (Wildman–Crippen MR) is 43.7 cm³/mol.